The molecule has 0 spiro atoms. The third-order valence-corrected chi connectivity index (χ3v) is 7.02. The first kappa shape index (κ1) is 12.4. The van der Waals surface area contributed by atoms with E-state index in [2.05, 4.69) is 6.92 Å². The van der Waals surface area contributed by atoms with Gasteiger partial charge in [0.15, 0.2) is 9.93 Å². The first-order chi connectivity index (χ1) is 5.63. The Morgan fingerprint density at radius 3 is 2.67 bits per heavy atom. The van der Waals surface area contributed by atoms with E-state index in [1.54, 1.807) is 0 Å². The lowest BCUT2D eigenvalue weighted by molar-refractivity contribution is 0.426. The maximum absolute atomic E-state index is 11.5. The van der Waals surface area contributed by atoms with Crippen molar-refractivity contribution < 1.29 is 8.95 Å². The van der Waals surface area contributed by atoms with E-state index in [0.29, 0.717) is 4.38 Å². The van der Waals surface area contributed by atoms with Crippen molar-refractivity contribution in [3.05, 3.63) is 0 Å². The van der Waals surface area contributed by atoms with Crippen molar-refractivity contribution in [1.82, 2.24) is 0 Å². The monoisotopic (exact) mass is 227 g/mol. The molecule has 0 aliphatic carbocycles. The molecule has 2 atom stereocenters. The van der Waals surface area contributed by atoms with Gasteiger partial charge in [-0.1, -0.05) is 13.3 Å². The van der Waals surface area contributed by atoms with Crippen LogP contribution in [0, 0.1) is 0 Å². The van der Waals surface area contributed by atoms with Gasteiger partial charge >= 0.3 is 4.38 Å². The summed E-state index contributed by atoms with van der Waals surface area (Å²) in [6.07, 6.45) is 3.94. The first-order valence-corrected chi connectivity index (χ1v) is 7.63. The van der Waals surface area contributed by atoms with E-state index in [1.807, 2.05) is 6.26 Å². The van der Waals surface area contributed by atoms with Gasteiger partial charge in [0.25, 0.3) is 0 Å². The molecule has 0 aromatic rings. The van der Waals surface area contributed by atoms with Crippen molar-refractivity contribution in [2.24, 2.45) is 0 Å². The molecule has 2 unspecified atom stereocenters. The smallest absolute Gasteiger partial charge is 0.392 e. The lowest BCUT2D eigenvalue weighted by atomic mass is 10.4. The predicted molar refractivity (Wildman–Crippen MR) is 60.8 cm³/mol. The van der Waals surface area contributed by atoms with E-state index in [0.717, 1.165) is 18.6 Å². The maximum Gasteiger partial charge on any atom is 0.392 e. The molecule has 72 valence electrons. The number of ether oxygens (including phenoxy) is 1. The Bertz CT molecular complexity index is 170. The van der Waals surface area contributed by atoms with Crippen LogP contribution in [0.25, 0.3) is 0 Å². The molecule has 0 aromatic heterocycles. The van der Waals surface area contributed by atoms with Crippen LogP contribution in [0.15, 0.2) is 0 Å². The molecule has 12 heavy (non-hydrogen) atoms. The van der Waals surface area contributed by atoms with Gasteiger partial charge in [0.2, 0.25) is 9.83 Å². The number of thiocarbonyl (C=S) groups is 1. The fourth-order valence-electron chi connectivity index (χ4n) is 0.580. The second-order valence-electron chi connectivity index (χ2n) is 2.27. The predicted octanol–water partition coefficient (Wildman–Crippen LogP) is 1.63. The van der Waals surface area contributed by atoms with Crippen LogP contribution in [0.1, 0.15) is 19.8 Å². The van der Waals surface area contributed by atoms with Gasteiger partial charge in [-0.15, -0.1) is 0 Å². The Balaban J connectivity index is 3.84. The molecule has 0 fully saturated rings. The minimum absolute atomic E-state index is 0.380. The van der Waals surface area contributed by atoms with Gasteiger partial charge in [-0.3, -0.25) is 0 Å². The van der Waals surface area contributed by atoms with Gasteiger partial charge in [0.05, 0.1) is 12.9 Å². The normalized spacial score (nSPS) is 15.2. The average molecular weight is 227 g/mol. The second kappa shape index (κ2) is 6.86. The van der Waals surface area contributed by atoms with Crippen LogP contribution >= 0.6 is 12.2 Å². The number of rotatable bonds is 4. The Morgan fingerprint density at radius 1 is 1.67 bits per heavy atom. The molecule has 0 aliphatic heterocycles. The molecule has 0 rings (SSSR count). The molecule has 0 saturated carbocycles. The Hall–Kier alpha value is 0.390. The molecule has 0 heterocycles. The van der Waals surface area contributed by atoms with Crippen LogP contribution in [0.2, 0.25) is 0 Å². The van der Waals surface area contributed by atoms with Gasteiger partial charge in [-0.2, -0.15) is 0 Å². The van der Waals surface area contributed by atoms with Crippen LogP contribution in [0.3, 0.4) is 0 Å². The molecule has 0 N–H and O–H groups in total. The fourth-order valence-corrected chi connectivity index (χ4v) is 4.19. The molecule has 0 radical (unpaired) electrons. The lowest BCUT2D eigenvalue weighted by Crippen LogP contribution is -2.20. The van der Waals surface area contributed by atoms with Gasteiger partial charge < -0.3 is 4.74 Å². The zero-order chi connectivity index (χ0) is 9.56. The van der Waals surface area contributed by atoms with Crippen molar-refractivity contribution in [1.29, 1.82) is 0 Å². The summed E-state index contributed by atoms with van der Waals surface area (Å²) in [4.78, 5) is 0. The van der Waals surface area contributed by atoms with Crippen LogP contribution in [0.4, 0.5) is 0 Å². The quantitative estimate of drug-likeness (QED) is 0.415. The van der Waals surface area contributed by atoms with Crippen molar-refractivity contribution >= 4 is 36.4 Å². The van der Waals surface area contributed by atoms with Crippen molar-refractivity contribution in [3.63, 3.8) is 0 Å². The van der Waals surface area contributed by atoms with Gasteiger partial charge in [0.1, 0.15) is 6.26 Å². The summed E-state index contributed by atoms with van der Waals surface area (Å²) in [5, 5.41) is 0. The van der Waals surface area contributed by atoms with Crippen LogP contribution in [-0.4, -0.2) is 27.7 Å². The van der Waals surface area contributed by atoms with Gasteiger partial charge in [0, 0.05) is 12.2 Å². The molecule has 0 aliphatic rings. The lowest BCUT2D eigenvalue weighted by Gasteiger charge is -1.99. The summed E-state index contributed by atoms with van der Waals surface area (Å²) in [6.45, 7) is 2.08. The zero-order valence-electron chi connectivity index (χ0n) is 7.66. The largest absolute Gasteiger partial charge is 0.451 e. The minimum atomic E-state index is -0.833. The van der Waals surface area contributed by atoms with E-state index in [9.17, 15) is 4.21 Å². The molecular weight excluding hydrogens is 212 g/mol. The molecule has 5 heteroatoms. The van der Waals surface area contributed by atoms with E-state index in [1.165, 1.54) is 7.11 Å². The third kappa shape index (κ3) is 4.42. The van der Waals surface area contributed by atoms with E-state index in [-0.39, 0.29) is 9.93 Å². The number of hydrogen-bond donors (Lipinski definition) is 0. The van der Waals surface area contributed by atoms with Gasteiger partial charge in [-0.25, -0.2) is 4.21 Å². The topological polar surface area (TPSA) is 26.3 Å². The molecule has 0 bridgehead atoms. The van der Waals surface area contributed by atoms with Gasteiger partial charge in [-0.05, 0) is 6.42 Å². The van der Waals surface area contributed by atoms with Crippen molar-refractivity contribution in [2.75, 3.05) is 19.1 Å². The number of hydrogen-bond acceptors (Lipinski definition) is 3. The standard InChI is InChI=1S/C7H15O2S3/c1-4-5-6-12(8)11(3)7(10)9-2/h4-6H2,1-3H3/q+1. The summed E-state index contributed by atoms with van der Waals surface area (Å²) in [6, 6.07) is 0. The summed E-state index contributed by atoms with van der Waals surface area (Å²) < 4.78 is 16.8. The summed E-state index contributed by atoms with van der Waals surface area (Å²) in [5.41, 5.74) is 0. The third-order valence-electron chi connectivity index (χ3n) is 1.34. The zero-order valence-corrected chi connectivity index (χ0v) is 10.1. The highest BCUT2D eigenvalue weighted by Crippen LogP contribution is 2.06. The maximum atomic E-state index is 11.5. The summed E-state index contributed by atoms with van der Waals surface area (Å²) >= 11 is 4.90. The highest BCUT2D eigenvalue weighted by molar-refractivity contribution is 8.73. The highest BCUT2D eigenvalue weighted by atomic mass is 33.2. The van der Waals surface area contributed by atoms with E-state index in [4.69, 9.17) is 17.0 Å². The first-order valence-electron chi connectivity index (χ1n) is 3.76. The van der Waals surface area contributed by atoms with Crippen LogP contribution < -0.4 is 0 Å². The molecule has 0 amide bonds. The van der Waals surface area contributed by atoms with Crippen LogP contribution in [-0.2, 0) is 24.5 Å². The SMILES string of the molecule is CCCCS(=O)[S+](C)C(=S)OC. The Kier molecular flexibility index (Phi) is 7.08. The van der Waals surface area contributed by atoms with E-state index >= 15 is 0 Å². The van der Waals surface area contributed by atoms with Crippen LogP contribution in [0.5, 0.6) is 0 Å². The van der Waals surface area contributed by atoms with E-state index < -0.39 is 9.83 Å². The summed E-state index contributed by atoms with van der Waals surface area (Å²) in [5.74, 6) is 0.736. The average Bonchev–Trinajstić information content (AvgIpc) is 2.11. The van der Waals surface area contributed by atoms with Crippen molar-refractivity contribution in [3.8, 4) is 0 Å². The molecule has 0 saturated heterocycles. The molecule has 2 nitrogen and oxygen atoms in total. The second-order valence-corrected chi connectivity index (χ2v) is 7.81. The molecule has 0 aromatic carbocycles. The fraction of sp³-hybridized carbons (Fsp3) is 0.857. The highest BCUT2D eigenvalue weighted by Gasteiger charge is 2.28. The molecular formula is C7H15O2S3+. The van der Waals surface area contributed by atoms with Crippen molar-refractivity contribution in [2.45, 2.75) is 19.8 Å². The minimum Gasteiger partial charge on any atom is -0.451 e. The Morgan fingerprint density at radius 2 is 2.25 bits per heavy atom. The summed E-state index contributed by atoms with van der Waals surface area (Å²) in [7, 11) is 0.318. The Labute approximate surface area is 84.3 Å². The number of unbranched alkanes of at least 4 members (excludes halogenated alkanes) is 1. The number of methoxy groups -OCH3 is 1.